The topological polar surface area (TPSA) is 58.6 Å². The predicted molar refractivity (Wildman–Crippen MR) is 106 cm³/mol. The van der Waals surface area contributed by atoms with Crippen molar-refractivity contribution in [3.63, 3.8) is 0 Å². The predicted octanol–water partition coefficient (Wildman–Crippen LogP) is 3.64. The van der Waals surface area contributed by atoms with Gasteiger partial charge < -0.3 is 15.0 Å². The Morgan fingerprint density at radius 2 is 1.78 bits per heavy atom. The molecule has 1 saturated heterocycles. The van der Waals surface area contributed by atoms with Crippen LogP contribution in [0.1, 0.15) is 25.3 Å². The molecule has 27 heavy (non-hydrogen) atoms. The zero-order valence-corrected chi connectivity index (χ0v) is 15.9. The third-order valence-electron chi connectivity index (χ3n) is 4.87. The van der Waals surface area contributed by atoms with Crippen LogP contribution in [0, 0.1) is 12.8 Å². The van der Waals surface area contributed by atoms with E-state index in [-0.39, 0.29) is 17.7 Å². The number of amides is 2. The molecule has 2 aromatic carbocycles. The summed E-state index contributed by atoms with van der Waals surface area (Å²) in [6.45, 7) is 4.92. The molecule has 0 saturated carbocycles. The van der Waals surface area contributed by atoms with E-state index in [9.17, 15) is 9.59 Å². The van der Waals surface area contributed by atoms with E-state index in [0.29, 0.717) is 31.7 Å². The van der Waals surface area contributed by atoms with Gasteiger partial charge in [-0.3, -0.25) is 9.59 Å². The standard InChI is InChI=1S/C22H26N2O3/c1-16-7-6-10-20(15-16)27-17(2)22(26)24-13-11-18(12-14-24)21(25)23-19-8-4-3-5-9-19/h3-10,15,17-18H,11-14H2,1-2H3,(H,23,25). The Bertz CT molecular complexity index is 783. The highest BCUT2D eigenvalue weighted by atomic mass is 16.5. The number of benzene rings is 2. The number of hydrogen-bond acceptors (Lipinski definition) is 3. The lowest BCUT2D eigenvalue weighted by molar-refractivity contribution is -0.140. The van der Waals surface area contributed by atoms with Gasteiger partial charge in [0.05, 0.1) is 0 Å². The summed E-state index contributed by atoms with van der Waals surface area (Å²) >= 11 is 0. The van der Waals surface area contributed by atoms with Crippen LogP contribution in [0.2, 0.25) is 0 Å². The Balaban J connectivity index is 1.49. The summed E-state index contributed by atoms with van der Waals surface area (Å²) < 4.78 is 5.79. The molecule has 1 unspecified atom stereocenters. The number of hydrogen-bond donors (Lipinski definition) is 1. The van der Waals surface area contributed by atoms with Gasteiger partial charge in [-0.1, -0.05) is 30.3 Å². The quantitative estimate of drug-likeness (QED) is 0.879. The van der Waals surface area contributed by atoms with Crippen molar-refractivity contribution in [2.45, 2.75) is 32.8 Å². The van der Waals surface area contributed by atoms with Gasteiger partial charge in [-0.25, -0.2) is 0 Å². The van der Waals surface area contributed by atoms with Crippen molar-refractivity contribution in [2.75, 3.05) is 18.4 Å². The molecule has 1 aliphatic rings. The van der Waals surface area contributed by atoms with Crippen LogP contribution in [-0.2, 0) is 9.59 Å². The number of aryl methyl sites for hydroxylation is 1. The molecule has 142 valence electrons. The van der Waals surface area contributed by atoms with Gasteiger partial charge in [-0.2, -0.15) is 0 Å². The van der Waals surface area contributed by atoms with Crippen molar-refractivity contribution in [3.05, 3.63) is 60.2 Å². The first-order chi connectivity index (χ1) is 13.0. The number of carbonyl (C=O) groups excluding carboxylic acids is 2. The van der Waals surface area contributed by atoms with Gasteiger partial charge in [0.25, 0.3) is 5.91 Å². The normalized spacial score (nSPS) is 15.9. The largest absolute Gasteiger partial charge is 0.481 e. The molecule has 0 aliphatic carbocycles. The van der Waals surface area contributed by atoms with E-state index in [1.165, 1.54) is 0 Å². The van der Waals surface area contributed by atoms with E-state index < -0.39 is 6.10 Å². The Morgan fingerprint density at radius 1 is 1.07 bits per heavy atom. The summed E-state index contributed by atoms with van der Waals surface area (Å²) in [5, 5.41) is 2.95. The lowest BCUT2D eigenvalue weighted by Gasteiger charge is -2.33. The van der Waals surface area contributed by atoms with Crippen LogP contribution in [0.25, 0.3) is 0 Å². The van der Waals surface area contributed by atoms with Gasteiger partial charge in [0.15, 0.2) is 6.10 Å². The Kier molecular flexibility index (Phi) is 6.12. The van der Waals surface area contributed by atoms with Crippen molar-refractivity contribution < 1.29 is 14.3 Å². The molecule has 1 heterocycles. The monoisotopic (exact) mass is 366 g/mol. The fourth-order valence-electron chi connectivity index (χ4n) is 3.33. The zero-order chi connectivity index (χ0) is 19.2. The van der Waals surface area contributed by atoms with Crippen LogP contribution >= 0.6 is 0 Å². The smallest absolute Gasteiger partial charge is 0.263 e. The maximum Gasteiger partial charge on any atom is 0.263 e. The number of ether oxygens (including phenoxy) is 1. The Labute approximate surface area is 160 Å². The van der Waals surface area contributed by atoms with E-state index in [2.05, 4.69) is 5.32 Å². The van der Waals surface area contributed by atoms with E-state index >= 15 is 0 Å². The fraction of sp³-hybridized carbons (Fsp3) is 0.364. The fourth-order valence-corrected chi connectivity index (χ4v) is 3.33. The van der Waals surface area contributed by atoms with Gasteiger partial charge in [-0.15, -0.1) is 0 Å². The minimum atomic E-state index is -0.540. The molecule has 5 heteroatoms. The second-order valence-corrected chi connectivity index (χ2v) is 7.03. The number of anilines is 1. The summed E-state index contributed by atoms with van der Waals surface area (Å²) in [5.74, 6) is 0.631. The molecule has 1 aliphatic heterocycles. The van der Waals surface area contributed by atoms with Crippen LogP contribution < -0.4 is 10.1 Å². The van der Waals surface area contributed by atoms with Gasteiger partial charge in [-0.05, 0) is 56.5 Å². The first-order valence-electron chi connectivity index (χ1n) is 9.41. The van der Waals surface area contributed by atoms with Gasteiger partial charge in [0, 0.05) is 24.7 Å². The first kappa shape index (κ1) is 19.0. The number of likely N-dealkylation sites (tertiary alicyclic amines) is 1. The number of carbonyl (C=O) groups is 2. The SMILES string of the molecule is Cc1cccc(OC(C)C(=O)N2CCC(C(=O)Nc3ccccc3)CC2)c1. The summed E-state index contributed by atoms with van der Waals surface area (Å²) in [4.78, 5) is 26.9. The summed E-state index contributed by atoms with van der Waals surface area (Å²) in [6.07, 6.45) is 0.796. The molecule has 0 aromatic heterocycles. The number of piperidine rings is 1. The second kappa shape index (κ2) is 8.71. The molecule has 1 atom stereocenters. The Hall–Kier alpha value is -2.82. The molecule has 1 N–H and O–H groups in total. The van der Waals surface area contributed by atoms with Crippen LogP contribution in [0.3, 0.4) is 0 Å². The Morgan fingerprint density at radius 3 is 2.44 bits per heavy atom. The maximum atomic E-state index is 12.7. The second-order valence-electron chi connectivity index (χ2n) is 7.03. The van der Waals surface area contributed by atoms with Crippen molar-refractivity contribution in [1.82, 2.24) is 4.90 Å². The highest BCUT2D eigenvalue weighted by molar-refractivity contribution is 5.92. The van der Waals surface area contributed by atoms with Crippen molar-refractivity contribution in [2.24, 2.45) is 5.92 Å². The van der Waals surface area contributed by atoms with E-state index in [1.807, 2.05) is 61.5 Å². The average Bonchev–Trinajstić information content (AvgIpc) is 2.68. The van der Waals surface area contributed by atoms with E-state index in [4.69, 9.17) is 4.74 Å². The minimum Gasteiger partial charge on any atom is -0.481 e. The number of nitrogens with zero attached hydrogens (tertiary/aromatic N) is 1. The molecule has 0 radical (unpaired) electrons. The number of para-hydroxylation sites is 1. The van der Waals surface area contributed by atoms with Crippen molar-refractivity contribution >= 4 is 17.5 Å². The van der Waals surface area contributed by atoms with E-state index in [1.54, 1.807) is 11.8 Å². The molecule has 5 nitrogen and oxygen atoms in total. The maximum absolute atomic E-state index is 12.7. The molecule has 2 aromatic rings. The molecule has 3 rings (SSSR count). The van der Waals surface area contributed by atoms with Crippen LogP contribution in [0.15, 0.2) is 54.6 Å². The van der Waals surface area contributed by atoms with Gasteiger partial charge >= 0.3 is 0 Å². The van der Waals surface area contributed by atoms with Crippen molar-refractivity contribution in [3.8, 4) is 5.75 Å². The van der Waals surface area contributed by atoms with Crippen molar-refractivity contribution in [1.29, 1.82) is 0 Å². The molecule has 2 amide bonds. The first-order valence-corrected chi connectivity index (χ1v) is 9.41. The minimum absolute atomic E-state index is 0.0253. The summed E-state index contributed by atoms with van der Waals surface area (Å²) in [6, 6.07) is 17.1. The van der Waals surface area contributed by atoms with Gasteiger partial charge in [0.2, 0.25) is 5.91 Å². The zero-order valence-electron chi connectivity index (χ0n) is 15.9. The molecular formula is C22H26N2O3. The number of rotatable bonds is 5. The molecule has 0 spiro atoms. The van der Waals surface area contributed by atoms with E-state index in [0.717, 1.165) is 11.3 Å². The summed E-state index contributed by atoms with van der Waals surface area (Å²) in [7, 11) is 0. The van der Waals surface area contributed by atoms with Crippen LogP contribution in [-0.4, -0.2) is 35.9 Å². The third-order valence-corrected chi connectivity index (χ3v) is 4.87. The highest BCUT2D eigenvalue weighted by Crippen LogP contribution is 2.21. The molecule has 1 fully saturated rings. The average molecular weight is 366 g/mol. The molecular weight excluding hydrogens is 340 g/mol. The lowest BCUT2D eigenvalue weighted by atomic mass is 9.95. The third kappa shape index (κ3) is 5.09. The van der Waals surface area contributed by atoms with Crippen LogP contribution in [0.4, 0.5) is 5.69 Å². The lowest BCUT2D eigenvalue weighted by Crippen LogP contribution is -2.46. The highest BCUT2D eigenvalue weighted by Gasteiger charge is 2.30. The van der Waals surface area contributed by atoms with Crippen LogP contribution in [0.5, 0.6) is 5.75 Å². The van der Waals surface area contributed by atoms with Gasteiger partial charge in [0.1, 0.15) is 5.75 Å². The number of nitrogens with one attached hydrogen (secondary N) is 1. The molecule has 0 bridgehead atoms. The summed E-state index contributed by atoms with van der Waals surface area (Å²) in [5.41, 5.74) is 1.90.